The highest BCUT2D eigenvalue weighted by atomic mass is 16.1. The standard InChI is InChI=1S/C10H20N2O/c1-3-8(2)12-6-4-5-9(12)7-10(11)13/h8-9H,3-7H2,1-2H3,(H2,11,13)/t8?,9-/m0/s1. The van der Waals surface area contributed by atoms with E-state index in [1.807, 2.05) is 0 Å². The topological polar surface area (TPSA) is 46.3 Å². The minimum atomic E-state index is -0.166. The molecule has 0 bridgehead atoms. The molecular weight excluding hydrogens is 164 g/mol. The summed E-state index contributed by atoms with van der Waals surface area (Å²) in [7, 11) is 0. The third kappa shape index (κ3) is 2.69. The highest BCUT2D eigenvalue weighted by Crippen LogP contribution is 2.23. The van der Waals surface area contributed by atoms with Crippen LogP contribution in [0.25, 0.3) is 0 Å². The number of rotatable bonds is 4. The summed E-state index contributed by atoms with van der Waals surface area (Å²) in [6.07, 6.45) is 4.02. The van der Waals surface area contributed by atoms with Gasteiger partial charge < -0.3 is 5.73 Å². The van der Waals surface area contributed by atoms with Gasteiger partial charge in [-0.1, -0.05) is 6.92 Å². The van der Waals surface area contributed by atoms with Crippen molar-refractivity contribution in [2.24, 2.45) is 5.73 Å². The van der Waals surface area contributed by atoms with Gasteiger partial charge in [-0.25, -0.2) is 0 Å². The molecule has 3 nitrogen and oxygen atoms in total. The fourth-order valence-electron chi connectivity index (χ4n) is 2.12. The maximum absolute atomic E-state index is 10.8. The first-order chi connectivity index (χ1) is 6.15. The monoisotopic (exact) mass is 184 g/mol. The molecule has 0 spiro atoms. The van der Waals surface area contributed by atoms with Crippen LogP contribution in [-0.4, -0.2) is 29.4 Å². The van der Waals surface area contributed by atoms with Crippen LogP contribution in [0.3, 0.4) is 0 Å². The molecule has 2 N–H and O–H groups in total. The van der Waals surface area contributed by atoms with Crippen LogP contribution >= 0.6 is 0 Å². The zero-order chi connectivity index (χ0) is 9.84. The molecule has 13 heavy (non-hydrogen) atoms. The number of hydrogen-bond donors (Lipinski definition) is 1. The molecule has 0 saturated carbocycles. The van der Waals surface area contributed by atoms with Crippen LogP contribution in [-0.2, 0) is 4.79 Å². The van der Waals surface area contributed by atoms with Crippen molar-refractivity contribution in [3.05, 3.63) is 0 Å². The first-order valence-electron chi connectivity index (χ1n) is 5.19. The second-order valence-corrected chi connectivity index (χ2v) is 3.96. The van der Waals surface area contributed by atoms with Crippen molar-refractivity contribution in [2.45, 2.75) is 51.6 Å². The third-order valence-electron chi connectivity index (χ3n) is 3.02. The summed E-state index contributed by atoms with van der Waals surface area (Å²) in [5.41, 5.74) is 5.21. The SMILES string of the molecule is CCC(C)N1CCC[C@H]1CC(N)=O. The smallest absolute Gasteiger partial charge is 0.218 e. The number of amides is 1. The Hall–Kier alpha value is -0.570. The van der Waals surface area contributed by atoms with Gasteiger partial charge in [0.15, 0.2) is 0 Å². The summed E-state index contributed by atoms with van der Waals surface area (Å²) < 4.78 is 0. The van der Waals surface area contributed by atoms with Crippen molar-refractivity contribution < 1.29 is 4.79 Å². The van der Waals surface area contributed by atoms with Crippen molar-refractivity contribution in [1.29, 1.82) is 0 Å². The van der Waals surface area contributed by atoms with E-state index in [1.165, 1.54) is 6.42 Å². The first-order valence-corrected chi connectivity index (χ1v) is 5.19. The Morgan fingerprint density at radius 3 is 2.92 bits per heavy atom. The van der Waals surface area contributed by atoms with Crippen LogP contribution in [0.1, 0.15) is 39.5 Å². The average Bonchev–Trinajstić information content (AvgIpc) is 2.50. The number of nitrogens with two attached hydrogens (primary N) is 1. The third-order valence-corrected chi connectivity index (χ3v) is 3.02. The fourth-order valence-corrected chi connectivity index (χ4v) is 2.12. The Labute approximate surface area is 80.3 Å². The summed E-state index contributed by atoms with van der Waals surface area (Å²) in [6.45, 7) is 5.54. The minimum Gasteiger partial charge on any atom is -0.370 e. The van der Waals surface area contributed by atoms with E-state index < -0.39 is 0 Å². The molecule has 0 aromatic rings. The number of likely N-dealkylation sites (tertiary alicyclic amines) is 1. The van der Waals surface area contributed by atoms with Gasteiger partial charge in [0.25, 0.3) is 0 Å². The van der Waals surface area contributed by atoms with Crippen molar-refractivity contribution in [2.75, 3.05) is 6.54 Å². The molecule has 1 aliphatic rings. The van der Waals surface area contributed by atoms with Gasteiger partial charge in [-0.3, -0.25) is 9.69 Å². The highest BCUT2D eigenvalue weighted by molar-refractivity contribution is 5.74. The van der Waals surface area contributed by atoms with E-state index in [1.54, 1.807) is 0 Å². The van der Waals surface area contributed by atoms with Crippen molar-refractivity contribution >= 4 is 5.91 Å². The number of nitrogens with zero attached hydrogens (tertiary/aromatic N) is 1. The molecule has 2 atom stereocenters. The minimum absolute atomic E-state index is 0.166. The lowest BCUT2D eigenvalue weighted by molar-refractivity contribution is -0.119. The molecule has 3 heteroatoms. The van der Waals surface area contributed by atoms with Gasteiger partial charge >= 0.3 is 0 Å². The van der Waals surface area contributed by atoms with E-state index >= 15 is 0 Å². The number of carbonyl (C=O) groups excluding carboxylic acids is 1. The molecule has 1 unspecified atom stereocenters. The largest absolute Gasteiger partial charge is 0.370 e. The molecular formula is C10H20N2O. The van der Waals surface area contributed by atoms with Crippen LogP contribution in [0.2, 0.25) is 0 Å². The molecule has 0 aromatic heterocycles. The fraction of sp³-hybridized carbons (Fsp3) is 0.900. The molecule has 1 amide bonds. The zero-order valence-electron chi connectivity index (χ0n) is 8.62. The molecule has 0 aliphatic carbocycles. The number of hydrogen-bond acceptors (Lipinski definition) is 2. The maximum atomic E-state index is 10.8. The normalized spacial score (nSPS) is 26.2. The lowest BCUT2D eigenvalue weighted by atomic mass is 10.1. The van der Waals surface area contributed by atoms with Gasteiger partial charge in [-0.05, 0) is 32.7 Å². The summed E-state index contributed by atoms with van der Waals surface area (Å²) in [4.78, 5) is 13.2. The van der Waals surface area contributed by atoms with Crippen molar-refractivity contribution in [1.82, 2.24) is 4.90 Å². The summed E-state index contributed by atoms with van der Waals surface area (Å²) in [5, 5.41) is 0. The average molecular weight is 184 g/mol. The van der Waals surface area contributed by atoms with Crippen LogP contribution in [0.5, 0.6) is 0 Å². The Morgan fingerprint density at radius 1 is 1.69 bits per heavy atom. The zero-order valence-corrected chi connectivity index (χ0v) is 8.62. The Morgan fingerprint density at radius 2 is 2.38 bits per heavy atom. The number of primary amides is 1. The maximum Gasteiger partial charge on any atom is 0.218 e. The highest BCUT2D eigenvalue weighted by Gasteiger charge is 2.28. The van der Waals surface area contributed by atoms with Gasteiger partial charge in [0, 0.05) is 18.5 Å². The molecule has 0 aromatic carbocycles. The summed E-state index contributed by atoms with van der Waals surface area (Å²) in [6, 6.07) is 0.999. The van der Waals surface area contributed by atoms with Crippen molar-refractivity contribution in [3.63, 3.8) is 0 Å². The van der Waals surface area contributed by atoms with E-state index in [-0.39, 0.29) is 5.91 Å². The molecule has 76 valence electrons. The predicted octanol–water partition coefficient (Wildman–Crippen LogP) is 1.12. The van der Waals surface area contributed by atoms with Crippen LogP contribution in [0.15, 0.2) is 0 Å². The molecule has 1 fully saturated rings. The Balaban J connectivity index is 2.48. The lowest BCUT2D eigenvalue weighted by Gasteiger charge is -2.29. The van der Waals surface area contributed by atoms with Gasteiger partial charge in [-0.2, -0.15) is 0 Å². The van der Waals surface area contributed by atoms with Gasteiger partial charge in [-0.15, -0.1) is 0 Å². The van der Waals surface area contributed by atoms with E-state index in [2.05, 4.69) is 18.7 Å². The van der Waals surface area contributed by atoms with Crippen LogP contribution in [0, 0.1) is 0 Å². The van der Waals surface area contributed by atoms with Gasteiger partial charge in [0.05, 0.1) is 0 Å². The Bertz CT molecular complexity index is 182. The number of carbonyl (C=O) groups is 1. The van der Waals surface area contributed by atoms with E-state index in [9.17, 15) is 4.79 Å². The van der Waals surface area contributed by atoms with E-state index in [0.29, 0.717) is 18.5 Å². The molecule has 1 saturated heterocycles. The molecule has 1 aliphatic heterocycles. The summed E-state index contributed by atoms with van der Waals surface area (Å²) in [5.74, 6) is -0.166. The second kappa shape index (κ2) is 4.61. The van der Waals surface area contributed by atoms with Crippen molar-refractivity contribution in [3.8, 4) is 0 Å². The second-order valence-electron chi connectivity index (χ2n) is 3.96. The molecule has 1 rings (SSSR count). The van der Waals surface area contributed by atoms with Crippen LogP contribution in [0.4, 0.5) is 0 Å². The molecule has 1 heterocycles. The summed E-state index contributed by atoms with van der Waals surface area (Å²) >= 11 is 0. The van der Waals surface area contributed by atoms with Crippen LogP contribution < -0.4 is 5.73 Å². The van der Waals surface area contributed by atoms with Gasteiger partial charge in [0.2, 0.25) is 5.91 Å². The predicted molar refractivity (Wildman–Crippen MR) is 53.3 cm³/mol. The lowest BCUT2D eigenvalue weighted by Crippen LogP contribution is -2.39. The first kappa shape index (κ1) is 10.5. The molecule has 0 radical (unpaired) electrons. The Kier molecular flexibility index (Phi) is 3.72. The quantitative estimate of drug-likeness (QED) is 0.711. The van der Waals surface area contributed by atoms with Gasteiger partial charge in [0.1, 0.15) is 0 Å². The van der Waals surface area contributed by atoms with E-state index in [0.717, 1.165) is 19.4 Å². The van der Waals surface area contributed by atoms with E-state index in [4.69, 9.17) is 5.73 Å².